The summed E-state index contributed by atoms with van der Waals surface area (Å²) < 4.78 is 0. The van der Waals surface area contributed by atoms with E-state index in [-0.39, 0.29) is 0 Å². The van der Waals surface area contributed by atoms with E-state index in [1.807, 2.05) is 0 Å². The highest BCUT2D eigenvalue weighted by molar-refractivity contribution is 4.79. The maximum Gasteiger partial charge on any atom is 0.0217 e. The Balaban J connectivity index is 2.30. The van der Waals surface area contributed by atoms with Crippen LogP contribution in [0.25, 0.3) is 0 Å². The molecule has 2 unspecified atom stereocenters. The van der Waals surface area contributed by atoms with Crippen LogP contribution in [0.1, 0.15) is 39.5 Å². The molecule has 0 aromatic rings. The average molecular weight is 255 g/mol. The largest absolute Gasteiger partial charge is 0.315 e. The number of likely N-dealkylation sites (tertiary alicyclic amines) is 1. The summed E-state index contributed by atoms with van der Waals surface area (Å²) in [5, 5.41) is 3.58. The lowest BCUT2D eigenvalue weighted by Crippen LogP contribution is -2.42. The Morgan fingerprint density at radius 2 is 2.11 bits per heavy atom. The smallest absolute Gasteiger partial charge is 0.0217 e. The minimum atomic E-state index is 0.715. The summed E-state index contributed by atoms with van der Waals surface area (Å²) in [4.78, 5) is 5.05. The van der Waals surface area contributed by atoms with E-state index >= 15 is 0 Å². The van der Waals surface area contributed by atoms with Crippen LogP contribution in [0.5, 0.6) is 0 Å². The lowest BCUT2D eigenvalue weighted by Gasteiger charge is -2.30. The summed E-state index contributed by atoms with van der Waals surface area (Å²) >= 11 is 0. The molecule has 0 amide bonds. The van der Waals surface area contributed by atoms with Crippen LogP contribution in [0.15, 0.2) is 0 Å². The summed E-state index contributed by atoms with van der Waals surface area (Å²) in [6.45, 7) is 10.7. The molecule has 108 valence electrons. The van der Waals surface area contributed by atoms with Crippen molar-refractivity contribution >= 4 is 0 Å². The number of likely N-dealkylation sites (N-methyl/N-ethyl adjacent to an activating group) is 1. The SMILES string of the molecule is CCCNCC(CCC)N(C)CC1CCN(C)C1. The van der Waals surface area contributed by atoms with Gasteiger partial charge in [0.05, 0.1) is 0 Å². The van der Waals surface area contributed by atoms with Crippen molar-refractivity contribution in [2.24, 2.45) is 5.92 Å². The summed E-state index contributed by atoms with van der Waals surface area (Å²) in [7, 11) is 4.55. The number of rotatable bonds is 9. The Hall–Kier alpha value is -0.120. The molecule has 1 heterocycles. The van der Waals surface area contributed by atoms with E-state index in [0.717, 1.165) is 19.0 Å². The fraction of sp³-hybridized carbons (Fsp3) is 1.00. The van der Waals surface area contributed by atoms with E-state index in [0.29, 0.717) is 6.04 Å². The Labute approximate surface area is 114 Å². The first kappa shape index (κ1) is 15.9. The Morgan fingerprint density at radius 1 is 1.33 bits per heavy atom. The molecule has 0 spiro atoms. The third-order valence-electron chi connectivity index (χ3n) is 4.09. The first-order valence-electron chi connectivity index (χ1n) is 7.76. The molecule has 0 radical (unpaired) electrons. The standard InChI is InChI=1S/C15H33N3/c1-5-7-15(11-16-9-6-2)18(4)13-14-8-10-17(3)12-14/h14-16H,5-13H2,1-4H3. The van der Waals surface area contributed by atoms with Crippen LogP contribution in [0.4, 0.5) is 0 Å². The molecular formula is C15H33N3. The minimum absolute atomic E-state index is 0.715. The molecule has 3 heteroatoms. The topological polar surface area (TPSA) is 18.5 Å². The summed E-state index contributed by atoms with van der Waals surface area (Å²) in [6, 6.07) is 0.715. The average Bonchev–Trinajstić information content (AvgIpc) is 2.74. The van der Waals surface area contributed by atoms with Gasteiger partial charge in [-0.25, -0.2) is 0 Å². The van der Waals surface area contributed by atoms with Gasteiger partial charge in [-0.15, -0.1) is 0 Å². The molecule has 0 bridgehead atoms. The molecule has 0 aromatic heterocycles. The van der Waals surface area contributed by atoms with Crippen molar-refractivity contribution in [1.82, 2.24) is 15.1 Å². The van der Waals surface area contributed by atoms with Gasteiger partial charge in [-0.05, 0) is 52.4 Å². The third-order valence-corrected chi connectivity index (χ3v) is 4.09. The van der Waals surface area contributed by atoms with E-state index in [4.69, 9.17) is 0 Å². The number of nitrogens with one attached hydrogen (secondary N) is 1. The molecule has 0 aliphatic carbocycles. The zero-order valence-electron chi connectivity index (χ0n) is 12.9. The molecule has 1 saturated heterocycles. The lowest BCUT2D eigenvalue weighted by atomic mass is 10.1. The van der Waals surface area contributed by atoms with E-state index in [2.05, 4.69) is 43.1 Å². The minimum Gasteiger partial charge on any atom is -0.315 e. The molecule has 2 atom stereocenters. The summed E-state index contributed by atoms with van der Waals surface area (Å²) in [5.41, 5.74) is 0. The molecule has 1 rings (SSSR count). The first-order chi connectivity index (χ1) is 8.67. The molecule has 1 aliphatic rings. The van der Waals surface area contributed by atoms with Gasteiger partial charge in [0.15, 0.2) is 0 Å². The molecule has 1 aliphatic heterocycles. The molecular weight excluding hydrogens is 222 g/mol. The van der Waals surface area contributed by atoms with E-state index < -0.39 is 0 Å². The fourth-order valence-corrected chi connectivity index (χ4v) is 2.99. The zero-order chi connectivity index (χ0) is 13.4. The van der Waals surface area contributed by atoms with Gasteiger partial charge in [0.25, 0.3) is 0 Å². The maximum atomic E-state index is 3.58. The molecule has 0 aromatic carbocycles. The highest BCUT2D eigenvalue weighted by Gasteiger charge is 2.23. The molecule has 3 nitrogen and oxygen atoms in total. The maximum absolute atomic E-state index is 3.58. The zero-order valence-corrected chi connectivity index (χ0v) is 12.9. The molecule has 1 fully saturated rings. The summed E-state index contributed by atoms with van der Waals surface area (Å²) in [6.07, 6.45) is 5.21. The van der Waals surface area contributed by atoms with Crippen molar-refractivity contribution in [2.75, 3.05) is 46.8 Å². The third kappa shape index (κ3) is 5.68. The Bertz CT molecular complexity index is 208. The predicted octanol–water partition coefficient (Wildman–Crippen LogP) is 2.04. The number of hydrogen-bond donors (Lipinski definition) is 1. The highest BCUT2D eigenvalue weighted by atomic mass is 15.2. The van der Waals surface area contributed by atoms with E-state index in [1.165, 1.54) is 45.3 Å². The summed E-state index contributed by atoms with van der Waals surface area (Å²) in [5.74, 6) is 0.880. The van der Waals surface area contributed by atoms with Gasteiger partial charge in [0.1, 0.15) is 0 Å². The molecule has 1 N–H and O–H groups in total. The fourth-order valence-electron chi connectivity index (χ4n) is 2.99. The second kappa shape index (κ2) is 8.89. The van der Waals surface area contributed by atoms with Crippen LogP contribution in [-0.2, 0) is 0 Å². The van der Waals surface area contributed by atoms with Crippen molar-refractivity contribution in [3.63, 3.8) is 0 Å². The van der Waals surface area contributed by atoms with Gasteiger partial charge < -0.3 is 15.1 Å². The van der Waals surface area contributed by atoms with Crippen LogP contribution in [-0.4, -0.2) is 62.7 Å². The first-order valence-corrected chi connectivity index (χ1v) is 7.76. The van der Waals surface area contributed by atoms with Crippen LogP contribution in [0.2, 0.25) is 0 Å². The highest BCUT2D eigenvalue weighted by Crippen LogP contribution is 2.17. The van der Waals surface area contributed by atoms with Crippen LogP contribution in [0, 0.1) is 5.92 Å². The van der Waals surface area contributed by atoms with Crippen molar-refractivity contribution < 1.29 is 0 Å². The monoisotopic (exact) mass is 255 g/mol. The molecule has 0 saturated carbocycles. The van der Waals surface area contributed by atoms with Gasteiger partial charge in [0, 0.05) is 25.7 Å². The van der Waals surface area contributed by atoms with E-state index in [1.54, 1.807) is 0 Å². The lowest BCUT2D eigenvalue weighted by molar-refractivity contribution is 0.192. The quantitative estimate of drug-likeness (QED) is 0.636. The van der Waals surface area contributed by atoms with E-state index in [9.17, 15) is 0 Å². The van der Waals surface area contributed by atoms with Crippen LogP contribution in [0.3, 0.4) is 0 Å². The second-order valence-electron chi connectivity index (χ2n) is 6.00. The van der Waals surface area contributed by atoms with Gasteiger partial charge in [-0.1, -0.05) is 20.3 Å². The normalized spacial score (nSPS) is 22.8. The van der Waals surface area contributed by atoms with Crippen LogP contribution >= 0.6 is 0 Å². The van der Waals surface area contributed by atoms with Crippen molar-refractivity contribution in [3.8, 4) is 0 Å². The van der Waals surface area contributed by atoms with Crippen molar-refractivity contribution in [3.05, 3.63) is 0 Å². The number of hydrogen-bond acceptors (Lipinski definition) is 3. The van der Waals surface area contributed by atoms with Crippen molar-refractivity contribution in [2.45, 2.75) is 45.6 Å². The predicted molar refractivity (Wildman–Crippen MR) is 80.1 cm³/mol. The van der Waals surface area contributed by atoms with Gasteiger partial charge in [0.2, 0.25) is 0 Å². The Kier molecular flexibility index (Phi) is 7.87. The Morgan fingerprint density at radius 3 is 2.67 bits per heavy atom. The van der Waals surface area contributed by atoms with Gasteiger partial charge in [-0.2, -0.15) is 0 Å². The second-order valence-corrected chi connectivity index (χ2v) is 6.00. The van der Waals surface area contributed by atoms with Crippen LogP contribution < -0.4 is 5.32 Å². The number of nitrogens with zero attached hydrogens (tertiary/aromatic N) is 2. The van der Waals surface area contributed by atoms with Crippen molar-refractivity contribution in [1.29, 1.82) is 0 Å². The van der Waals surface area contributed by atoms with Gasteiger partial charge in [-0.3, -0.25) is 0 Å². The van der Waals surface area contributed by atoms with Gasteiger partial charge >= 0.3 is 0 Å². The molecule has 18 heavy (non-hydrogen) atoms.